The van der Waals surface area contributed by atoms with Crippen molar-refractivity contribution in [3.63, 3.8) is 0 Å². The minimum atomic E-state index is -0.394. The minimum Gasteiger partial charge on any atom is -0.243 e. The number of nitrogens with zero attached hydrogens (tertiary/aromatic N) is 4. The molecule has 0 spiro atoms. The van der Waals surface area contributed by atoms with E-state index < -0.39 is 6.29 Å². The van der Waals surface area contributed by atoms with Crippen molar-refractivity contribution in [2.75, 3.05) is 0 Å². The molecular formula is C9H7BrN4. The van der Waals surface area contributed by atoms with Crippen LogP contribution in [0.1, 0.15) is 5.56 Å². The topological polar surface area (TPSA) is 49.4 Å². The summed E-state index contributed by atoms with van der Waals surface area (Å²) in [5, 5.41) is 7.37. The summed E-state index contributed by atoms with van der Waals surface area (Å²) in [6, 6.07) is 7.85. The Morgan fingerprint density at radius 1 is 1.43 bits per heavy atom. The molecule has 0 saturated heterocycles. The van der Waals surface area contributed by atoms with E-state index >= 15 is 0 Å². The zero-order valence-electron chi connectivity index (χ0n) is 7.21. The molecule has 2 rings (SSSR count). The Labute approximate surface area is 89.6 Å². The van der Waals surface area contributed by atoms with Crippen molar-refractivity contribution in [2.45, 2.75) is 6.29 Å². The van der Waals surface area contributed by atoms with Crippen molar-refractivity contribution in [1.82, 2.24) is 0 Å². The number of aliphatic imine (C=N–C) groups is 2. The molecule has 1 aliphatic rings. The lowest BCUT2D eigenvalue weighted by atomic mass is 10.2. The standard InChI is InChI=1S/C9H7BrN4/c10-8-3-1-2-7(4-8)5-11-9-12-6-13-14-9/h1-6,9H/t9-/m0/s1. The second-order valence-electron chi connectivity index (χ2n) is 2.68. The van der Waals surface area contributed by atoms with Crippen LogP contribution in [0, 0.1) is 0 Å². The van der Waals surface area contributed by atoms with Crippen molar-refractivity contribution in [3.8, 4) is 0 Å². The van der Waals surface area contributed by atoms with Gasteiger partial charge in [0, 0.05) is 10.7 Å². The maximum atomic E-state index is 4.13. The summed E-state index contributed by atoms with van der Waals surface area (Å²) >= 11 is 3.38. The predicted molar refractivity (Wildman–Crippen MR) is 58.9 cm³/mol. The van der Waals surface area contributed by atoms with Crippen molar-refractivity contribution in [1.29, 1.82) is 0 Å². The quantitative estimate of drug-likeness (QED) is 0.725. The van der Waals surface area contributed by atoms with E-state index in [4.69, 9.17) is 0 Å². The summed E-state index contributed by atoms with van der Waals surface area (Å²) in [6.07, 6.45) is 2.74. The number of rotatable bonds is 2. The molecule has 0 saturated carbocycles. The Bertz CT molecular complexity index is 399. The minimum absolute atomic E-state index is 0.394. The van der Waals surface area contributed by atoms with E-state index in [2.05, 4.69) is 36.1 Å². The molecule has 0 bridgehead atoms. The fourth-order valence-electron chi connectivity index (χ4n) is 1.02. The van der Waals surface area contributed by atoms with Crippen molar-refractivity contribution in [3.05, 3.63) is 34.3 Å². The highest BCUT2D eigenvalue weighted by Crippen LogP contribution is 2.10. The Morgan fingerprint density at radius 3 is 3.07 bits per heavy atom. The summed E-state index contributed by atoms with van der Waals surface area (Å²) in [5.41, 5.74) is 1.01. The number of hydrogen-bond acceptors (Lipinski definition) is 4. The SMILES string of the molecule is Brc1cccc(C=N[C@H]2N=CN=N2)c1. The van der Waals surface area contributed by atoms with Crippen LogP contribution in [-0.2, 0) is 0 Å². The molecule has 4 nitrogen and oxygen atoms in total. The summed E-state index contributed by atoms with van der Waals surface area (Å²) in [5.74, 6) is 0. The van der Waals surface area contributed by atoms with Gasteiger partial charge in [0.25, 0.3) is 6.29 Å². The fraction of sp³-hybridized carbons (Fsp3) is 0.111. The van der Waals surface area contributed by atoms with Crippen LogP contribution in [0.4, 0.5) is 0 Å². The van der Waals surface area contributed by atoms with Crippen molar-refractivity contribution < 1.29 is 0 Å². The molecule has 1 aromatic carbocycles. The van der Waals surface area contributed by atoms with Crippen LogP contribution in [0.25, 0.3) is 0 Å². The fourth-order valence-corrected chi connectivity index (χ4v) is 1.43. The van der Waals surface area contributed by atoms with Crippen LogP contribution >= 0.6 is 15.9 Å². The van der Waals surface area contributed by atoms with E-state index in [9.17, 15) is 0 Å². The highest BCUT2D eigenvalue weighted by Gasteiger charge is 2.01. The Balaban J connectivity index is 2.10. The average Bonchev–Trinajstić information content (AvgIpc) is 2.67. The van der Waals surface area contributed by atoms with Gasteiger partial charge in [0.15, 0.2) is 0 Å². The third kappa shape index (κ3) is 2.32. The lowest BCUT2D eigenvalue weighted by Crippen LogP contribution is -1.92. The first-order valence-corrected chi connectivity index (χ1v) is 4.84. The predicted octanol–water partition coefficient (Wildman–Crippen LogP) is 2.65. The van der Waals surface area contributed by atoms with Gasteiger partial charge in [-0.25, -0.2) is 9.98 Å². The molecule has 1 heterocycles. The van der Waals surface area contributed by atoms with Gasteiger partial charge in [-0.15, -0.1) is 10.2 Å². The molecule has 0 aromatic heterocycles. The van der Waals surface area contributed by atoms with Gasteiger partial charge >= 0.3 is 0 Å². The van der Waals surface area contributed by atoms with Crippen LogP contribution in [0.2, 0.25) is 0 Å². The lowest BCUT2D eigenvalue weighted by molar-refractivity contribution is 0.755. The highest BCUT2D eigenvalue weighted by atomic mass is 79.9. The van der Waals surface area contributed by atoms with E-state index in [1.165, 1.54) is 6.34 Å². The van der Waals surface area contributed by atoms with E-state index in [1.54, 1.807) is 6.21 Å². The molecule has 0 N–H and O–H groups in total. The molecule has 1 atom stereocenters. The third-order valence-electron chi connectivity index (χ3n) is 1.63. The van der Waals surface area contributed by atoms with Gasteiger partial charge in [0.2, 0.25) is 0 Å². The largest absolute Gasteiger partial charge is 0.254 e. The number of hydrogen-bond donors (Lipinski definition) is 0. The molecule has 0 radical (unpaired) electrons. The van der Waals surface area contributed by atoms with Crippen molar-refractivity contribution in [2.24, 2.45) is 20.2 Å². The second kappa shape index (κ2) is 4.23. The number of azo groups is 1. The first-order valence-electron chi connectivity index (χ1n) is 4.05. The molecule has 5 heteroatoms. The zero-order valence-corrected chi connectivity index (χ0v) is 8.79. The third-order valence-corrected chi connectivity index (χ3v) is 2.12. The second-order valence-corrected chi connectivity index (χ2v) is 3.59. The Hall–Kier alpha value is -1.36. The van der Waals surface area contributed by atoms with Crippen LogP contribution in [0.3, 0.4) is 0 Å². The molecule has 0 fully saturated rings. The van der Waals surface area contributed by atoms with E-state index in [0.717, 1.165) is 10.0 Å². The van der Waals surface area contributed by atoms with Crippen LogP contribution in [-0.4, -0.2) is 18.8 Å². The molecule has 1 aliphatic heterocycles. The van der Waals surface area contributed by atoms with Gasteiger partial charge < -0.3 is 0 Å². The summed E-state index contributed by atoms with van der Waals surface area (Å²) < 4.78 is 1.03. The van der Waals surface area contributed by atoms with Crippen LogP contribution < -0.4 is 0 Å². The Morgan fingerprint density at radius 2 is 2.36 bits per heavy atom. The first kappa shape index (κ1) is 9.21. The zero-order chi connectivity index (χ0) is 9.80. The van der Waals surface area contributed by atoms with Crippen LogP contribution in [0.5, 0.6) is 0 Å². The van der Waals surface area contributed by atoms with Crippen LogP contribution in [0.15, 0.2) is 49.0 Å². The average molecular weight is 251 g/mol. The smallest absolute Gasteiger partial charge is 0.243 e. The molecule has 70 valence electrons. The first-order chi connectivity index (χ1) is 6.84. The van der Waals surface area contributed by atoms with E-state index in [-0.39, 0.29) is 0 Å². The lowest BCUT2D eigenvalue weighted by Gasteiger charge is -1.95. The maximum absolute atomic E-state index is 4.13. The molecule has 0 unspecified atom stereocenters. The van der Waals surface area contributed by atoms with Gasteiger partial charge in [0.05, 0.1) is 0 Å². The summed E-state index contributed by atoms with van der Waals surface area (Å²) in [6.45, 7) is 0. The van der Waals surface area contributed by atoms with Gasteiger partial charge in [-0.2, -0.15) is 0 Å². The normalized spacial score (nSPS) is 19.6. The molecular weight excluding hydrogens is 244 g/mol. The molecule has 14 heavy (non-hydrogen) atoms. The van der Waals surface area contributed by atoms with E-state index in [1.807, 2.05) is 24.3 Å². The van der Waals surface area contributed by atoms with E-state index in [0.29, 0.717) is 0 Å². The number of benzene rings is 1. The highest BCUT2D eigenvalue weighted by molar-refractivity contribution is 9.10. The molecule has 1 aromatic rings. The van der Waals surface area contributed by atoms with Gasteiger partial charge in [0.1, 0.15) is 6.34 Å². The maximum Gasteiger partial charge on any atom is 0.254 e. The number of halogens is 1. The Kier molecular flexibility index (Phi) is 2.78. The molecule has 0 amide bonds. The summed E-state index contributed by atoms with van der Waals surface area (Å²) in [7, 11) is 0. The van der Waals surface area contributed by atoms with Gasteiger partial charge in [-0.05, 0) is 17.7 Å². The summed E-state index contributed by atoms with van der Waals surface area (Å²) in [4.78, 5) is 8.04. The molecule has 0 aliphatic carbocycles. The van der Waals surface area contributed by atoms with Crippen molar-refractivity contribution >= 4 is 28.5 Å². The van der Waals surface area contributed by atoms with Gasteiger partial charge in [-0.1, -0.05) is 28.1 Å². The van der Waals surface area contributed by atoms with Gasteiger partial charge in [-0.3, -0.25) is 0 Å². The monoisotopic (exact) mass is 250 g/mol.